The van der Waals surface area contributed by atoms with Crippen molar-refractivity contribution in [3.05, 3.63) is 23.8 Å². The largest absolute Gasteiger partial charge is 0.486 e. The molecule has 134 valence electrons. The highest BCUT2D eigenvalue weighted by Crippen LogP contribution is 2.31. The van der Waals surface area contributed by atoms with Crippen LogP contribution in [0.15, 0.2) is 18.2 Å². The molecule has 4 heteroatoms. The van der Waals surface area contributed by atoms with E-state index in [0.29, 0.717) is 25.6 Å². The van der Waals surface area contributed by atoms with Crippen molar-refractivity contribution in [2.24, 2.45) is 5.92 Å². The maximum Gasteiger partial charge on any atom is 0.220 e. The van der Waals surface area contributed by atoms with Crippen LogP contribution in [0.2, 0.25) is 0 Å². The van der Waals surface area contributed by atoms with Crippen LogP contribution < -0.4 is 14.8 Å². The van der Waals surface area contributed by atoms with Gasteiger partial charge in [0, 0.05) is 13.0 Å². The highest BCUT2D eigenvalue weighted by molar-refractivity contribution is 5.75. The van der Waals surface area contributed by atoms with Crippen LogP contribution in [0.25, 0.3) is 0 Å². The van der Waals surface area contributed by atoms with E-state index in [9.17, 15) is 4.79 Å². The second-order valence-electron chi connectivity index (χ2n) is 6.55. The third-order valence-electron chi connectivity index (χ3n) is 4.61. The molecule has 1 N–H and O–H groups in total. The lowest BCUT2D eigenvalue weighted by atomic mass is 9.99. The second-order valence-corrected chi connectivity index (χ2v) is 6.55. The SMILES string of the molecule is CCCC[C@@H](CC)CNC(=O)CCCc1ccc2c(c1)OCCO2. The van der Waals surface area contributed by atoms with Crippen LogP contribution in [0.1, 0.15) is 57.9 Å². The molecule has 0 aromatic heterocycles. The molecule has 1 aliphatic heterocycles. The summed E-state index contributed by atoms with van der Waals surface area (Å²) in [5.41, 5.74) is 1.20. The molecule has 1 aliphatic rings. The Morgan fingerprint density at radius 3 is 2.71 bits per heavy atom. The van der Waals surface area contributed by atoms with Gasteiger partial charge in [-0.25, -0.2) is 0 Å². The van der Waals surface area contributed by atoms with Gasteiger partial charge in [-0.15, -0.1) is 0 Å². The van der Waals surface area contributed by atoms with E-state index in [1.54, 1.807) is 0 Å². The molecule has 0 bridgehead atoms. The molecule has 0 unspecified atom stereocenters. The Hall–Kier alpha value is -1.71. The van der Waals surface area contributed by atoms with Crippen LogP contribution in [0.5, 0.6) is 11.5 Å². The summed E-state index contributed by atoms with van der Waals surface area (Å²) < 4.78 is 11.1. The number of hydrogen-bond acceptors (Lipinski definition) is 3. The fourth-order valence-electron chi connectivity index (χ4n) is 2.99. The monoisotopic (exact) mass is 333 g/mol. The lowest BCUT2D eigenvalue weighted by molar-refractivity contribution is -0.121. The number of carbonyl (C=O) groups excluding carboxylic acids is 1. The van der Waals surface area contributed by atoms with Crippen molar-refractivity contribution in [2.45, 2.75) is 58.8 Å². The fraction of sp³-hybridized carbons (Fsp3) is 0.650. The van der Waals surface area contributed by atoms with Gasteiger partial charge >= 0.3 is 0 Å². The predicted octanol–water partition coefficient (Wildman–Crippen LogP) is 4.11. The smallest absolute Gasteiger partial charge is 0.220 e. The van der Waals surface area contributed by atoms with Crippen molar-refractivity contribution >= 4 is 5.91 Å². The van der Waals surface area contributed by atoms with Crippen LogP contribution in [-0.2, 0) is 11.2 Å². The van der Waals surface area contributed by atoms with E-state index in [0.717, 1.165) is 37.3 Å². The summed E-state index contributed by atoms with van der Waals surface area (Å²) >= 11 is 0. The molecule has 1 amide bonds. The standard InChI is InChI=1S/C20H31NO3/c1-3-5-7-16(4-2)15-21-20(22)9-6-8-17-10-11-18-19(14-17)24-13-12-23-18/h10-11,14,16H,3-9,12-13,15H2,1-2H3,(H,21,22)/t16-/m1/s1. The Bertz CT molecular complexity index is 516. The van der Waals surface area contributed by atoms with Gasteiger partial charge in [-0.1, -0.05) is 39.2 Å². The molecule has 1 atom stereocenters. The summed E-state index contributed by atoms with van der Waals surface area (Å²) in [7, 11) is 0. The van der Waals surface area contributed by atoms with Crippen molar-refractivity contribution in [1.82, 2.24) is 5.32 Å². The maximum atomic E-state index is 12.0. The zero-order valence-corrected chi connectivity index (χ0v) is 15.1. The van der Waals surface area contributed by atoms with E-state index in [4.69, 9.17) is 9.47 Å². The number of nitrogens with one attached hydrogen (secondary N) is 1. The van der Waals surface area contributed by atoms with Gasteiger partial charge in [-0.05, 0) is 42.9 Å². The van der Waals surface area contributed by atoms with E-state index < -0.39 is 0 Å². The van der Waals surface area contributed by atoms with E-state index in [2.05, 4.69) is 25.2 Å². The lowest BCUT2D eigenvalue weighted by Gasteiger charge is -2.18. The van der Waals surface area contributed by atoms with Gasteiger partial charge in [-0.2, -0.15) is 0 Å². The first kappa shape index (κ1) is 18.6. The minimum absolute atomic E-state index is 0.169. The molecule has 1 aromatic rings. The van der Waals surface area contributed by atoms with Crippen molar-refractivity contribution in [3.63, 3.8) is 0 Å². The zero-order chi connectivity index (χ0) is 17.2. The third kappa shape index (κ3) is 6.06. The number of hydrogen-bond donors (Lipinski definition) is 1. The van der Waals surface area contributed by atoms with Crippen LogP contribution in [0.3, 0.4) is 0 Å². The van der Waals surface area contributed by atoms with Gasteiger partial charge < -0.3 is 14.8 Å². The predicted molar refractivity (Wildman–Crippen MR) is 96.7 cm³/mol. The molecule has 0 saturated carbocycles. The van der Waals surface area contributed by atoms with Crippen LogP contribution >= 0.6 is 0 Å². The van der Waals surface area contributed by atoms with Gasteiger partial charge in [0.25, 0.3) is 0 Å². The van der Waals surface area contributed by atoms with Crippen molar-refractivity contribution < 1.29 is 14.3 Å². The van der Waals surface area contributed by atoms with Gasteiger partial charge in [0.15, 0.2) is 11.5 Å². The highest BCUT2D eigenvalue weighted by Gasteiger charge is 2.12. The second kappa shape index (κ2) is 10.2. The fourth-order valence-corrected chi connectivity index (χ4v) is 2.99. The Morgan fingerprint density at radius 1 is 1.17 bits per heavy atom. The average molecular weight is 333 g/mol. The van der Waals surface area contributed by atoms with E-state index in [1.165, 1.54) is 24.8 Å². The Balaban J connectivity index is 1.67. The molecule has 0 radical (unpaired) electrons. The number of rotatable bonds is 10. The van der Waals surface area contributed by atoms with Crippen LogP contribution in [0.4, 0.5) is 0 Å². The van der Waals surface area contributed by atoms with E-state index in [-0.39, 0.29) is 5.91 Å². The number of carbonyl (C=O) groups is 1. The summed E-state index contributed by atoms with van der Waals surface area (Å²) in [4.78, 5) is 12.0. The molecule has 1 heterocycles. The topological polar surface area (TPSA) is 47.6 Å². The Morgan fingerprint density at radius 2 is 1.96 bits per heavy atom. The number of fused-ring (bicyclic) bond motifs is 1. The normalized spacial score (nSPS) is 14.2. The average Bonchev–Trinajstić information content (AvgIpc) is 2.62. The Labute approximate surface area is 145 Å². The number of aryl methyl sites for hydroxylation is 1. The summed E-state index contributed by atoms with van der Waals surface area (Å²) in [5.74, 6) is 2.43. The molecule has 4 nitrogen and oxygen atoms in total. The molecule has 2 rings (SSSR count). The first-order chi connectivity index (χ1) is 11.7. The quantitative estimate of drug-likeness (QED) is 0.701. The van der Waals surface area contributed by atoms with Gasteiger partial charge in [0.1, 0.15) is 13.2 Å². The number of benzene rings is 1. The molecule has 0 aliphatic carbocycles. The molecule has 0 fully saturated rings. The molecule has 24 heavy (non-hydrogen) atoms. The van der Waals surface area contributed by atoms with Gasteiger partial charge in [-0.3, -0.25) is 4.79 Å². The number of amides is 1. The molecular formula is C20H31NO3. The number of unbranched alkanes of at least 4 members (excludes halogenated alkanes) is 1. The lowest BCUT2D eigenvalue weighted by Crippen LogP contribution is -2.29. The number of ether oxygens (including phenoxy) is 2. The first-order valence-corrected chi connectivity index (χ1v) is 9.38. The van der Waals surface area contributed by atoms with Crippen molar-refractivity contribution in [3.8, 4) is 11.5 Å². The molecule has 0 saturated heterocycles. The molecule has 1 aromatic carbocycles. The minimum Gasteiger partial charge on any atom is -0.486 e. The van der Waals surface area contributed by atoms with Crippen molar-refractivity contribution in [2.75, 3.05) is 19.8 Å². The summed E-state index contributed by atoms with van der Waals surface area (Å²) in [6.45, 7) is 6.45. The van der Waals surface area contributed by atoms with Crippen LogP contribution in [-0.4, -0.2) is 25.7 Å². The zero-order valence-electron chi connectivity index (χ0n) is 15.1. The summed E-state index contributed by atoms with van der Waals surface area (Å²) in [6.07, 6.45) is 7.15. The minimum atomic E-state index is 0.169. The van der Waals surface area contributed by atoms with Gasteiger partial charge in [0.05, 0.1) is 0 Å². The molecular weight excluding hydrogens is 302 g/mol. The first-order valence-electron chi connectivity index (χ1n) is 9.38. The summed E-state index contributed by atoms with van der Waals surface area (Å²) in [5, 5.41) is 3.10. The Kier molecular flexibility index (Phi) is 7.93. The highest BCUT2D eigenvalue weighted by atomic mass is 16.6. The van der Waals surface area contributed by atoms with Gasteiger partial charge in [0.2, 0.25) is 5.91 Å². The van der Waals surface area contributed by atoms with Crippen molar-refractivity contribution in [1.29, 1.82) is 0 Å². The summed E-state index contributed by atoms with van der Waals surface area (Å²) in [6, 6.07) is 6.05. The maximum absolute atomic E-state index is 12.0. The molecule has 0 spiro atoms. The van der Waals surface area contributed by atoms with E-state index >= 15 is 0 Å². The third-order valence-corrected chi connectivity index (χ3v) is 4.61. The van der Waals surface area contributed by atoms with Crippen LogP contribution in [0, 0.1) is 5.92 Å². The van der Waals surface area contributed by atoms with E-state index in [1.807, 2.05) is 12.1 Å².